The Morgan fingerprint density at radius 1 is 1.44 bits per heavy atom. The Morgan fingerprint density at radius 2 is 2.19 bits per heavy atom. The van der Waals surface area contributed by atoms with Crippen LogP contribution >= 0.6 is 15.9 Å². The second kappa shape index (κ2) is 6.49. The normalized spacial score (nSPS) is 9.88. The number of hydrogen-bond donors (Lipinski definition) is 1. The molecule has 0 spiro atoms. The van der Waals surface area contributed by atoms with Crippen molar-refractivity contribution >= 4 is 21.6 Å². The molecule has 0 amide bonds. The van der Waals surface area contributed by atoms with Crippen LogP contribution in [0.5, 0.6) is 0 Å². The van der Waals surface area contributed by atoms with E-state index < -0.39 is 5.82 Å². The number of nitriles is 1. The highest BCUT2D eigenvalue weighted by Crippen LogP contribution is 2.26. The van der Waals surface area contributed by atoms with E-state index in [1.165, 1.54) is 0 Å². The zero-order valence-corrected chi connectivity index (χ0v) is 10.8. The van der Waals surface area contributed by atoms with Crippen LogP contribution in [-0.2, 0) is 0 Å². The third kappa shape index (κ3) is 3.21. The van der Waals surface area contributed by atoms with E-state index in [0.717, 1.165) is 25.8 Å². The van der Waals surface area contributed by atoms with Gasteiger partial charge in [0.25, 0.3) is 0 Å². The maximum absolute atomic E-state index is 13.7. The van der Waals surface area contributed by atoms with E-state index in [1.54, 1.807) is 12.1 Å². The van der Waals surface area contributed by atoms with Crippen molar-refractivity contribution in [1.82, 2.24) is 0 Å². The molecule has 1 aromatic rings. The van der Waals surface area contributed by atoms with Crippen LogP contribution in [0.1, 0.15) is 31.7 Å². The lowest BCUT2D eigenvalue weighted by atomic mass is 10.2. The molecule has 0 aliphatic heterocycles. The van der Waals surface area contributed by atoms with Crippen LogP contribution < -0.4 is 5.32 Å². The number of benzene rings is 1. The van der Waals surface area contributed by atoms with Crippen molar-refractivity contribution in [2.45, 2.75) is 26.2 Å². The highest BCUT2D eigenvalue weighted by molar-refractivity contribution is 9.10. The molecule has 0 aliphatic carbocycles. The van der Waals surface area contributed by atoms with E-state index in [9.17, 15) is 4.39 Å². The van der Waals surface area contributed by atoms with Gasteiger partial charge in [0.05, 0.1) is 15.7 Å². The largest absolute Gasteiger partial charge is 0.383 e. The molecule has 0 unspecified atom stereocenters. The SMILES string of the molecule is CCCCCNc1ccc(C#N)c(Br)c1F. The molecule has 2 nitrogen and oxygen atoms in total. The van der Waals surface area contributed by atoms with Crippen molar-refractivity contribution < 1.29 is 4.39 Å². The lowest BCUT2D eigenvalue weighted by molar-refractivity contribution is 0.621. The number of anilines is 1. The molecule has 0 saturated heterocycles. The molecule has 4 heteroatoms. The molecule has 86 valence electrons. The molecule has 1 aromatic carbocycles. The van der Waals surface area contributed by atoms with E-state index in [4.69, 9.17) is 5.26 Å². The van der Waals surface area contributed by atoms with Crippen LogP contribution in [0.3, 0.4) is 0 Å². The third-order valence-corrected chi connectivity index (χ3v) is 3.07. The monoisotopic (exact) mass is 284 g/mol. The molecule has 0 radical (unpaired) electrons. The van der Waals surface area contributed by atoms with Gasteiger partial charge < -0.3 is 5.32 Å². The van der Waals surface area contributed by atoms with E-state index in [-0.39, 0.29) is 4.47 Å². The van der Waals surface area contributed by atoms with Gasteiger partial charge in [0, 0.05) is 6.54 Å². The molecule has 1 N–H and O–H groups in total. The quantitative estimate of drug-likeness (QED) is 0.828. The predicted octanol–water partition coefficient (Wildman–Crippen LogP) is 4.06. The summed E-state index contributed by atoms with van der Waals surface area (Å²) in [5, 5.41) is 11.7. The summed E-state index contributed by atoms with van der Waals surface area (Å²) in [5.41, 5.74) is 0.763. The zero-order valence-electron chi connectivity index (χ0n) is 9.19. The Labute approximate surface area is 104 Å². The van der Waals surface area contributed by atoms with E-state index in [0.29, 0.717) is 11.3 Å². The number of rotatable bonds is 5. The van der Waals surface area contributed by atoms with Crippen molar-refractivity contribution in [3.63, 3.8) is 0 Å². The van der Waals surface area contributed by atoms with Gasteiger partial charge >= 0.3 is 0 Å². The van der Waals surface area contributed by atoms with Gasteiger partial charge in [0.15, 0.2) is 5.82 Å². The van der Waals surface area contributed by atoms with Gasteiger partial charge in [-0.3, -0.25) is 0 Å². The first-order valence-electron chi connectivity index (χ1n) is 5.32. The average Bonchev–Trinajstić information content (AvgIpc) is 2.30. The molecule has 0 bridgehead atoms. The highest BCUT2D eigenvalue weighted by atomic mass is 79.9. The first-order valence-corrected chi connectivity index (χ1v) is 6.12. The summed E-state index contributed by atoms with van der Waals surface area (Å²) in [7, 11) is 0. The minimum absolute atomic E-state index is 0.232. The maximum atomic E-state index is 13.7. The number of hydrogen-bond acceptors (Lipinski definition) is 2. The molecular weight excluding hydrogens is 271 g/mol. The Kier molecular flexibility index (Phi) is 5.27. The molecule has 0 aliphatic rings. The van der Waals surface area contributed by atoms with Crippen LogP contribution in [0.25, 0.3) is 0 Å². The van der Waals surface area contributed by atoms with Crippen molar-refractivity contribution in [2.24, 2.45) is 0 Å². The standard InChI is InChI=1S/C12H14BrFN2/c1-2-3-4-7-16-10-6-5-9(8-15)11(13)12(10)14/h5-6,16H,2-4,7H2,1H3. The molecular formula is C12H14BrFN2. The van der Waals surface area contributed by atoms with E-state index in [2.05, 4.69) is 28.2 Å². The van der Waals surface area contributed by atoms with E-state index in [1.807, 2.05) is 6.07 Å². The topological polar surface area (TPSA) is 35.8 Å². The Bertz CT molecular complexity index is 399. The zero-order chi connectivity index (χ0) is 12.0. The summed E-state index contributed by atoms with van der Waals surface area (Å²) in [5.74, 6) is -0.393. The number of unbranched alkanes of at least 4 members (excludes halogenated alkanes) is 2. The minimum atomic E-state index is -0.393. The van der Waals surface area contributed by atoms with Crippen LogP contribution in [0.2, 0.25) is 0 Å². The summed E-state index contributed by atoms with van der Waals surface area (Å²) in [4.78, 5) is 0. The molecule has 16 heavy (non-hydrogen) atoms. The van der Waals surface area contributed by atoms with Crippen molar-refractivity contribution in [3.05, 3.63) is 28.0 Å². The summed E-state index contributed by atoms with van der Waals surface area (Å²) >= 11 is 3.08. The van der Waals surface area contributed by atoms with Gasteiger partial charge in [-0.2, -0.15) is 5.26 Å². The average molecular weight is 285 g/mol. The lowest BCUT2D eigenvalue weighted by Crippen LogP contribution is -2.04. The van der Waals surface area contributed by atoms with Crippen molar-refractivity contribution in [1.29, 1.82) is 5.26 Å². The fourth-order valence-corrected chi connectivity index (χ4v) is 1.80. The fraction of sp³-hybridized carbons (Fsp3) is 0.417. The molecule has 0 aromatic heterocycles. The fourth-order valence-electron chi connectivity index (χ4n) is 1.37. The van der Waals surface area contributed by atoms with Crippen molar-refractivity contribution in [3.8, 4) is 6.07 Å². The lowest BCUT2D eigenvalue weighted by Gasteiger charge is -2.08. The molecule has 1 rings (SSSR count). The van der Waals surface area contributed by atoms with Gasteiger partial charge in [0.1, 0.15) is 6.07 Å². The van der Waals surface area contributed by atoms with Gasteiger partial charge in [-0.05, 0) is 34.5 Å². The third-order valence-electron chi connectivity index (χ3n) is 2.30. The van der Waals surface area contributed by atoms with Crippen LogP contribution in [0, 0.1) is 17.1 Å². The van der Waals surface area contributed by atoms with Crippen LogP contribution in [0.15, 0.2) is 16.6 Å². The Balaban J connectivity index is 2.68. The number of halogens is 2. The summed E-state index contributed by atoms with van der Waals surface area (Å²) in [6, 6.07) is 5.13. The molecule has 0 atom stereocenters. The number of nitrogens with zero attached hydrogens (tertiary/aromatic N) is 1. The smallest absolute Gasteiger partial charge is 0.161 e. The van der Waals surface area contributed by atoms with Gasteiger partial charge in [-0.25, -0.2) is 4.39 Å². The summed E-state index contributed by atoms with van der Waals surface area (Å²) in [6.45, 7) is 2.88. The summed E-state index contributed by atoms with van der Waals surface area (Å²) < 4.78 is 13.9. The second-order valence-electron chi connectivity index (χ2n) is 3.53. The second-order valence-corrected chi connectivity index (χ2v) is 4.33. The Morgan fingerprint density at radius 3 is 2.81 bits per heavy atom. The minimum Gasteiger partial charge on any atom is -0.383 e. The van der Waals surface area contributed by atoms with Gasteiger partial charge in [-0.15, -0.1) is 0 Å². The van der Waals surface area contributed by atoms with E-state index >= 15 is 0 Å². The maximum Gasteiger partial charge on any atom is 0.161 e. The molecule has 0 fully saturated rings. The first-order chi connectivity index (χ1) is 7.70. The molecule has 0 saturated carbocycles. The number of nitrogens with one attached hydrogen (secondary N) is 1. The van der Waals surface area contributed by atoms with Crippen LogP contribution in [-0.4, -0.2) is 6.54 Å². The Hall–Kier alpha value is -1.08. The predicted molar refractivity (Wildman–Crippen MR) is 66.8 cm³/mol. The first kappa shape index (κ1) is 13.0. The highest BCUT2D eigenvalue weighted by Gasteiger charge is 2.10. The van der Waals surface area contributed by atoms with Crippen molar-refractivity contribution in [2.75, 3.05) is 11.9 Å². The van der Waals surface area contributed by atoms with Crippen LogP contribution in [0.4, 0.5) is 10.1 Å². The van der Waals surface area contributed by atoms with Gasteiger partial charge in [-0.1, -0.05) is 19.8 Å². The summed E-state index contributed by atoms with van der Waals surface area (Å²) in [6.07, 6.45) is 3.29. The van der Waals surface area contributed by atoms with Gasteiger partial charge in [0.2, 0.25) is 0 Å². The molecule has 0 heterocycles.